The molecule has 1 saturated heterocycles. The first kappa shape index (κ1) is 14.1. The first-order valence-electron chi connectivity index (χ1n) is 7.05. The van der Waals surface area contributed by atoms with Crippen LogP contribution in [0.2, 0.25) is 0 Å². The van der Waals surface area contributed by atoms with E-state index in [-0.39, 0.29) is 6.10 Å². The predicted octanol–water partition coefficient (Wildman–Crippen LogP) is 2.27. The highest BCUT2D eigenvalue weighted by atomic mass is 16.5. The van der Waals surface area contributed by atoms with Crippen LogP contribution in [-0.4, -0.2) is 41.9 Å². The molecule has 0 amide bonds. The van der Waals surface area contributed by atoms with Crippen LogP contribution >= 0.6 is 0 Å². The number of nitrogens with zero attached hydrogens (tertiary/aromatic N) is 3. The zero-order valence-corrected chi connectivity index (χ0v) is 12.0. The molecule has 0 bridgehead atoms. The van der Waals surface area contributed by atoms with E-state index >= 15 is 0 Å². The van der Waals surface area contributed by atoms with E-state index in [4.69, 9.17) is 9.47 Å². The maximum absolute atomic E-state index is 5.73. The summed E-state index contributed by atoms with van der Waals surface area (Å²) in [6, 6.07) is 0. The van der Waals surface area contributed by atoms with Crippen LogP contribution in [-0.2, 0) is 4.74 Å². The summed E-state index contributed by atoms with van der Waals surface area (Å²) in [5.41, 5.74) is 0. The molecule has 0 aliphatic carbocycles. The monoisotopic (exact) mass is 265 g/mol. The van der Waals surface area contributed by atoms with E-state index in [2.05, 4.69) is 14.9 Å². The van der Waals surface area contributed by atoms with Gasteiger partial charge in [0.25, 0.3) is 5.88 Å². The normalized spacial score (nSPS) is 16.9. The first-order valence-corrected chi connectivity index (χ1v) is 7.05. The summed E-state index contributed by atoms with van der Waals surface area (Å²) in [5.74, 6) is 1.48. The maximum Gasteiger partial charge on any atom is 0.257 e. The van der Waals surface area contributed by atoms with Crippen LogP contribution in [0.15, 0.2) is 12.4 Å². The minimum absolute atomic E-state index is 0.108. The molecule has 1 aliphatic heterocycles. The van der Waals surface area contributed by atoms with Crippen LogP contribution < -0.4 is 9.64 Å². The topological polar surface area (TPSA) is 47.5 Å². The van der Waals surface area contributed by atoms with Crippen LogP contribution in [0.25, 0.3) is 0 Å². The molecule has 1 fully saturated rings. The highest BCUT2D eigenvalue weighted by Crippen LogP contribution is 2.27. The lowest BCUT2D eigenvalue weighted by Gasteiger charge is -2.33. The number of hydrogen-bond donors (Lipinski definition) is 0. The van der Waals surface area contributed by atoms with Crippen LogP contribution in [0.4, 0.5) is 5.82 Å². The van der Waals surface area contributed by atoms with Gasteiger partial charge in [-0.25, -0.2) is 9.97 Å². The van der Waals surface area contributed by atoms with Crippen molar-refractivity contribution in [2.45, 2.75) is 45.8 Å². The van der Waals surface area contributed by atoms with Crippen LogP contribution in [0.1, 0.15) is 33.6 Å². The third-order valence-electron chi connectivity index (χ3n) is 3.14. The Morgan fingerprint density at radius 3 is 2.58 bits per heavy atom. The SMILES string of the molecule is CCOC1CCN(c2nccnc2OC(C)C)CC1. The fourth-order valence-electron chi connectivity index (χ4n) is 2.31. The van der Waals surface area contributed by atoms with Gasteiger partial charge in [0.05, 0.1) is 12.2 Å². The van der Waals surface area contributed by atoms with Crippen molar-refractivity contribution in [3.8, 4) is 5.88 Å². The Balaban J connectivity index is 2.02. The molecule has 1 aromatic rings. The predicted molar refractivity (Wildman–Crippen MR) is 74.7 cm³/mol. The Morgan fingerprint density at radius 1 is 1.26 bits per heavy atom. The van der Waals surface area contributed by atoms with Gasteiger partial charge >= 0.3 is 0 Å². The van der Waals surface area contributed by atoms with Crippen molar-refractivity contribution < 1.29 is 9.47 Å². The van der Waals surface area contributed by atoms with Gasteiger partial charge in [-0.2, -0.15) is 0 Å². The number of hydrogen-bond acceptors (Lipinski definition) is 5. The average Bonchev–Trinajstić information content (AvgIpc) is 2.40. The minimum Gasteiger partial charge on any atom is -0.472 e. The van der Waals surface area contributed by atoms with Gasteiger partial charge in [0.1, 0.15) is 0 Å². The number of rotatable bonds is 5. The van der Waals surface area contributed by atoms with Crippen LogP contribution in [0.3, 0.4) is 0 Å². The van der Waals surface area contributed by atoms with Gasteiger partial charge < -0.3 is 14.4 Å². The van der Waals surface area contributed by atoms with Gasteiger partial charge in [0.15, 0.2) is 5.82 Å². The van der Waals surface area contributed by atoms with E-state index in [1.165, 1.54) is 0 Å². The number of ether oxygens (including phenoxy) is 2. The van der Waals surface area contributed by atoms with Crippen molar-refractivity contribution in [2.24, 2.45) is 0 Å². The summed E-state index contributed by atoms with van der Waals surface area (Å²) < 4.78 is 11.4. The maximum atomic E-state index is 5.73. The number of anilines is 1. The van der Waals surface area contributed by atoms with E-state index in [9.17, 15) is 0 Å². The van der Waals surface area contributed by atoms with Gasteiger partial charge in [-0.05, 0) is 33.6 Å². The highest BCUT2D eigenvalue weighted by Gasteiger charge is 2.23. The Kier molecular flexibility index (Phi) is 4.96. The average molecular weight is 265 g/mol. The number of piperidine rings is 1. The van der Waals surface area contributed by atoms with E-state index in [1.807, 2.05) is 20.8 Å². The summed E-state index contributed by atoms with van der Waals surface area (Å²) in [4.78, 5) is 11.0. The fourth-order valence-corrected chi connectivity index (χ4v) is 2.31. The first-order chi connectivity index (χ1) is 9.20. The molecule has 19 heavy (non-hydrogen) atoms. The van der Waals surface area contributed by atoms with Gasteiger partial charge in [-0.15, -0.1) is 0 Å². The summed E-state index contributed by atoms with van der Waals surface area (Å²) in [6.45, 7) is 8.72. The van der Waals surface area contributed by atoms with E-state index in [0.29, 0.717) is 12.0 Å². The summed E-state index contributed by atoms with van der Waals surface area (Å²) in [6.07, 6.45) is 5.95. The molecule has 5 nitrogen and oxygen atoms in total. The molecule has 1 aliphatic rings. The zero-order chi connectivity index (χ0) is 13.7. The Morgan fingerprint density at radius 2 is 1.95 bits per heavy atom. The molecule has 0 unspecified atom stereocenters. The lowest BCUT2D eigenvalue weighted by Crippen LogP contribution is -2.38. The Bertz CT molecular complexity index is 390. The number of aromatic nitrogens is 2. The fraction of sp³-hybridized carbons (Fsp3) is 0.714. The highest BCUT2D eigenvalue weighted by molar-refractivity contribution is 5.48. The van der Waals surface area contributed by atoms with Crippen molar-refractivity contribution in [3.63, 3.8) is 0 Å². The van der Waals surface area contributed by atoms with Crippen molar-refractivity contribution in [3.05, 3.63) is 12.4 Å². The molecule has 5 heteroatoms. The van der Waals surface area contributed by atoms with Gasteiger partial charge in [0.2, 0.25) is 0 Å². The molecule has 2 heterocycles. The summed E-state index contributed by atoms with van der Waals surface area (Å²) in [7, 11) is 0. The van der Waals surface area contributed by atoms with Crippen molar-refractivity contribution in [2.75, 3.05) is 24.6 Å². The van der Waals surface area contributed by atoms with Gasteiger partial charge in [-0.1, -0.05) is 0 Å². The molecule has 0 N–H and O–H groups in total. The molecule has 2 rings (SSSR count). The molecule has 106 valence electrons. The smallest absolute Gasteiger partial charge is 0.257 e. The van der Waals surface area contributed by atoms with Crippen molar-refractivity contribution in [1.29, 1.82) is 0 Å². The van der Waals surface area contributed by atoms with E-state index < -0.39 is 0 Å². The molecular formula is C14H23N3O2. The van der Waals surface area contributed by atoms with Crippen molar-refractivity contribution in [1.82, 2.24) is 9.97 Å². The van der Waals surface area contributed by atoms with Crippen LogP contribution in [0, 0.1) is 0 Å². The molecule has 0 radical (unpaired) electrons. The lowest BCUT2D eigenvalue weighted by atomic mass is 10.1. The second-order valence-corrected chi connectivity index (χ2v) is 4.99. The largest absolute Gasteiger partial charge is 0.472 e. The van der Waals surface area contributed by atoms with Crippen LogP contribution in [0.5, 0.6) is 5.88 Å². The third kappa shape index (κ3) is 3.80. The molecule has 1 aromatic heterocycles. The van der Waals surface area contributed by atoms with E-state index in [0.717, 1.165) is 38.4 Å². The summed E-state index contributed by atoms with van der Waals surface area (Å²) in [5, 5.41) is 0. The zero-order valence-electron chi connectivity index (χ0n) is 12.0. The standard InChI is InChI=1S/C14H23N3O2/c1-4-18-12-5-9-17(10-6-12)13-14(19-11(2)3)16-8-7-15-13/h7-8,11-12H,4-6,9-10H2,1-3H3. The molecule has 0 spiro atoms. The second kappa shape index (κ2) is 6.70. The van der Waals surface area contributed by atoms with Gasteiger partial charge in [-0.3, -0.25) is 0 Å². The van der Waals surface area contributed by atoms with Gasteiger partial charge in [0, 0.05) is 32.1 Å². The Hall–Kier alpha value is -1.36. The molecular weight excluding hydrogens is 242 g/mol. The molecule has 0 atom stereocenters. The quantitative estimate of drug-likeness (QED) is 0.817. The van der Waals surface area contributed by atoms with Crippen molar-refractivity contribution >= 4 is 5.82 Å². The minimum atomic E-state index is 0.108. The third-order valence-corrected chi connectivity index (χ3v) is 3.14. The van der Waals surface area contributed by atoms with E-state index in [1.54, 1.807) is 12.4 Å². The molecule has 0 saturated carbocycles. The lowest BCUT2D eigenvalue weighted by molar-refractivity contribution is 0.0457. The second-order valence-electron chi connectivity index (χ2n) is 4.99. The summed E-state index contributed by atoms with van der Waals surface area (Å²) >= 11 is 0. The molecule has 0 aromatic carbocycles. The Labute approximate surface area is 115 Å².